The minimum absolute atomic E-state index is 0.0790. The molecular weight excluding hydrogens is 231 g/mol. The Balaban J connectivity index is 2.55. The lowest BCUT2D eigenvalue weighted by Crippen LogP contribution is -2.09. The van der Waals surface area contributed by atoms with Crippen LogP contribution in [0.2, 0.25) is 0 Å². The average molecular weight is 247 g/mol. The number of aromatic nitrogens is 1. The van der Waals surface area contributed by atoms with Crippen LogP contribution >= 0.6 is 0 Å². The summed E-state index contributed by atoms with van der Waals surface area (Å²) in [5.41, 5.74) is 1.38. The van der Waals surface area contributed by atoms with Crippen LogP contribution in [0.4, 0.5) is 13.2 Å². The zero-order valence-electron chi connectivity index (χ0n) is 9.67. The molecule has 96 valence electrons. The van der Waals surface area contributed by atoms with Crippen molar-refractivity contribution in [1.29, 1.82) is 0 Å². The van der Waals surface area contributed by atoms with E-state index in [2.05, 4.69) is 4.98 Å². The van der Waals surface area contributed by atoms with Crippen molar-refractivity contribution in [2.75, 3.05) is 0 Å². The van der Waals surface area contributed by atoms with Gasteiger partial charge in [-0.15, -0.1) is 0 Å². The van der Waals surface area contributed by atoms with Crippen LogP contribution in [0.1, 0.15) is 43.5 Å². The van der Waals surface area contributed by atoms with Crippen molar-refractivity contribution in [3.05, 3.63) is 29.6 Å². The Morgan fingerprint density at radius 1 is 1.41 bits per heavy atom. The number of nitrogens with zero attached hydrogens (tertiary/aromatic N) is 1. The molecular formula is C12H16F3NO. The number of aryl methyl sites for hydroxylation is 1. The maximum absolute atomic E-state index is 12.0. The molecule has 0 aromatic carbocycles. The summed E-state index contributed by atoms with van der Waals surface area (Å²) in [5, 5.41) is 9.80. The van der Waals surface area contributed by atoms with Crippen LogP contribution in [0.5, 0.6) is 0 Å². The number of hydrogen-bond acceptors (Lipinski definition) is 2. The Labute approximate surface area is 98.5 Å². The zero-order chi connectivity index (χ0) is 12.9. The van der Waals surface area contributed by atoms with Gasteiger partial charge in [-0.3, -0.25) is 4.98 Å². The molecule has 1 aromatic rings. The average Bonchev–Trinajstić information content (AvgIpc) is 2.27. The molecule has 0 aliphatic rings. The van der Waals surface area contributed by atoms with Crippen molar-refractivity contribution in [3.63, 3.8) is 0 Å². The van der Waals surface area contributed by atoms with Crippen molar-refractivity contribution >= 4 is 0 Å². The first-order chi connectivity index (χ1) is 7.94. The Morgan fingerprint density at radius 2 is 2.12 bits per heavy atom. The molecule has 1 rings (SSSR count). The van der Waals surface area contributed by atoms with Gasteiger partial charge in [0.1, 0.15) is 0 Å². The van der Waals surface area contributed by atoms with Gasteiger partial charge in [0.2, 0.25) is 0 Å². The number of aliphatic hydroxyl groups is 1. The van der Waals surface area contributed by atoms with E-state index in [-0.39, 0.29) is 12.8 Å². The van der Waals surface area contributed by atoms with Gasteiger partial charge < -0.3 is 5.11 Å². The van der Waals surface area contributed by atoms with Gasteiger partial charge >= 0.3 is 6.18 Å². The summed E-state index contributed by atoms with van der Waals surface area (Å²) < 4.78 is 35.9. The summed E-state index contributed by atoms with van der Waals surface area (Å²) in [6.07, 6.45) is -3.67. The highest BCUT2D eigenvalue weighted by molar-refractivity contribution is 5.21. The SMILES string of the molecule is CCc1cccnc1C(O)CCCC(F)(F)F. The number of aliphatic hydroxyl groups excluding tert-OH is 1. The van der Waals surface area contributed by atoms with E-state index >= 15 is 0 Å². The quantitative estimate of drug-likeness (QED) is 0.864. The predicted octanol–water partition coefficient (Wildman–Crippen LogP) is 3.41. The maximum Gasteiger partial charge on any atom is 0.389 e. The molecule has 0 saturated heterocycles. The van der Waals surface area contributed by atoms with Gasteiger partial charge in [0.05, 0.1) is 11.8 Å². The van der Waals surface area contributed by atoms with Crippen LogP contribution in [0.25, 0.3) is 0 Å². The van der Waals surface area contributed by atoms with E-state index < -0.39 is 18.7 Å². The van der Waals surface area contributed by atoms with E-state index in [1.807, 2.05) is 13.0 Å². The number of alkyl halides is 3. The second-order valence-electron chi connectivity index (χ2n) is 3.92. The van der Waals surface area contributed by atoms with E-state index in [1.165, 1.54) is 0 Å². The molecule has 0 aliphatic carbocycles. The van der Waals surface area contributed by atoms with E-state index in [4.69, 9.17) is 0 Å². The number of hydrogen-bond donors (Lipinski definition) is 1. The first-order valence-electron chi connectivity index (χ1n) is 5.62. The molecule has 0 saturated carbocycles. The van der Waals surface area contributed by atoms with Crippen molar-refractivity contribution in [2.24, 2.45) is 0 Å². The van der Waals surface area contributed by atoms with Crippen LogP contribution in [0, 0.1) is 0 Å². The van der Waals surface area contributed by atoms with Crippen molar-refractivity contribution in [2.45, 2.75) is 44.9 Å². The molecule has 0 radical (unpaired) electrons. The van der Waals surface area contributed by atoms with E-state index in [1.54, 1.807) is 12.3 Å². The number of halogens is 3. The lowest BCUT2D eigenvalue weighted by Gasteiger charge is -2.14. The topological polar surface area (TPSA) is 33.1 Å². The second kappa shape index (κ2) is 6.00. The molecule has 1 heterocycles. The smallest absolute Gasteiger partial charge is 0.387 e. The monoisotopic (exact) mass is 247 g/mol. The van der Waals surface area contributed by atoms with Crippen LogP contribution in [0.15, 0.2) is 18.3 Å². The predicted molar refractivity (Wildman–Crippen MR) is 58.5 cm³/mol. The fourth-order valence-electron chi connectivity index (χ4n) is 1.68. The minimum atomic E-state index is -4.16. The fourth-order valence-corrected chi connectivity index (χ4v) is 1.68. The van der Waals surface area contributed by atoms with Crippen LogP contribution in [-0.2, 0) is 6.42 Å². The summed E-state index contributed by atoms with van der Waals surface area (Å²) >= 11 is 0. The molecule has 1 aromatic heterocycles. The van der Waals surface area contributed by atoms with Crippen LogP contribution in [-0.4, -0.2) is 16.3 Å². The van der Waals surface area contributed by atoms with Crippen LogP contribution < -0.4 is 0 Å². The summed E-state index contributed by atoms with van der Waals surface area (Å²) in [7, 11) is 0. The Bertz CT molecular complexity index is 352. The zero-order valence-corrected chi connectivity index (χ0v) is 9.67. The van der Waals surface area contributed by atoms with Crippen LogP contribution in [0.3, 0.4) is 0 Å². The molecule has 0 spiro atoms. The number of pyridine rings is 1. The van der Waals surface area contributed by atoms with Crippen molar-refractivity contribution in [1.82, 2.24) is 4.98 Å². The molecule has 5 heteroatoms. The molecule has 0 fully saturated rings. The summed E-state index contributed by atoms with van der Waals surface area (Å²) in [5.74, 6) is 0. The van der Waals surface area contributed by atoms with Gasteiger partial charge in [-0.05, 0) is 30.9 Å². The van der Waals surface area contributed by atoms with Crippen molar-refractivity contribution < 1.29 is 18.3 Å². The molecule has 0 bridgehead atoms. The Morgan fingerprint density at radius 3 is 2.71 bits per heavy atom. The molecule has 0 amide bonds. The normalized spacial score (nSPS) is 13.7. The summed E-state index contributed by atoms with van der Waals surface area (Å²) in [6.45, 7) is 1.92. The Kier molecular flexibility index (Phi) is 4.93. The minimum Gasteiger partial charge on any atom is -0.387 e. The molecule has 1 atom stereocenters. The third-order valence-electron chi connectivity index (χ3n) is 2.56. The molecule has 1 unspecified atom stereocenters. The van der Waals surface area contributed by atoms with Gasteiger partial charge in [0.25, 0.3) is 0 Å². The van der Waals surface area contributed by atoms with E-state index in [0.29, 0.717) is 12.1 Å². The third-order valence-corrected chi connectivity index (χ3v) is 2.56. The molecule has 2 nitrogen and oxygen atoms in total. The van der Waals surface area contributed by atoms with Gasteiger partial charge in [-0.25, -0.2) is 0 Å². The van der Waals surface area contributed by atoms with Gasteiger partial charge in [0, 0.05) is 12.6 Å². The standard InChI is InChI=1S/C12H16F3NO/c1-2-9-5-4-8-16-11(9)10(17)6-3-7-12(13,14)15/h4-5,8,10,17H,2-3,6-7H2,1H3. The first kappa shape index (κ1) is 14.0. The van der Waals surface area contributed by atoms with E-state index in [0.717, 1.165) is 5.56 Å². The molecule has 1 N–H and O–H groups in total. The fraction of sp³-hybridized carbons (Fsp3) is 0.583. The Hall–Kier alpha value is -1.10. The molecule has 17 heavy (non-hydrogen) atoms. The van der Waals surface area contributed by atoms with Gasteiger partial charge in [-0.2, -0.15) is 13.2 Å². The molecule has 0 aliphatic heterocycles. The van der Waals surface area contributed by atoms with Gasteiger partial charge in [0.15, 0.2) is 0 Å². The highest BCUT2D eigenvalue weighted by Crippen LogP contribution is 2.26. The van der Waals surface area contributed by atoms with E-state index in [9.17, 15) is 18.3 Å². The summed E-state index contributed by atoms with van der Waals surface area (Å²) in [4.78, 5) is 4.03. The number of rotatable bonds is 5. The van der Waals surface area contributed by atoms with Gasteiger partial charge in [-0.1, -0.05) is 13.0 Å². The largest absolute Gasteiger partial charge is 0.389 e. The maximum atomic E-state index is 12.0. The third kappa shape index (κ3) is 4.73. The lowest BCUT2D eigenvalue weighted by molar-refractivity contribution is -0.136. The highest BCUT2D eigenvalue weighted by Gasteiger charge is 2.27. The first-order valence-corrected chi connectivity index (χ1v) is 5.62. The van der Waals surface area contributed by atoms with Crippen molar-refractivity contribution in [3.8, 4) is 0 Å². The summed E-state index contributed by atoms with van der Waals surface area (Å²) in [6, 6.07) is 3.58. The highest BCUT2D eigenvalue weighted by atomic mass is 19.4. The second-order valence-corrected chi connectivity index (χ2v) is 3.92. The lowest BCUT2D eigenvalue weighted by atomic mass is 10.0.